The number of methoxy groups -OCH3 is 1. The van der Waals surface area contributed by atoms with Crippen molar-refractivity contribution >= 4 is 12.1 Å². The van der Waals surface area contributed by atoms with E-state index >= 15 is 0 Å². The van der Waals surface area contributed by atoms with E-state index in [1.165, 1.54) is 25.7 Å². The molecule has 0 aromatic heterocycles. The van der Waals surface area contributed by atoms with Gasteiger partial charge in [0.2, 0.25) is 0 Å². The van der Waals surface area contributed by atoms with Gasteiger partial charge in [-0.2, -0.15) is 0 Å². The Kier molecular flexibility index (Phi) is 10.9. The molecule has 0 radical (unpaired) electrons. The number of hydrogen-bond donors (Lipinski definition) is 4. The van der Waals surface area contributed by atoms with Crippen LogP contribution in [-0.4, -0.2) is 78.9 Å². The fourth-order valence-electron chi connectivity index (χ4n) is 7.31. The van der Waals surface area contributed by atoms with Crippen LogP contribution in [0.2, 0.25) is 0 Å². The number of carboxylic acids is 1. The van der Waals surface area contributed by atoms with E-state index in [1.54, 1.807) is 0 Å². The summed E-state index contributed by atoms with van der Waals surface area (Å²) in [6, 6.07) is 0.467. The third-order valence-electron chi connectivity index (χ3n) is 9.74. The van der Waals surface area contributed by atoms with Crippen molar-refractivity contribution in [3.8, 4) is 0 Å². The van der Waals surface area contributed by atoms with Gasteiger partial charge in [-0.3, -0.25) is 20.7 Å². The molecule has 0 aromatic rings. The van der Waals surface area contributed by atoms with Crippen molar-refractivity contribution in [1.29, 1.82) is 0 Å². The number of ether oxygens (including phenoxy) is 2. The topological polar surface area (TPSA) is 112 Å². The molecule has 3 saturated carbocycles. The van der Waals surface area contributed by atoms with Crippen molar-refractivity contribution < 1.29 is 24.2 Å². The first-order valence-electron chi connectivity index (χ1n) is 15.6. The van der Waals surface area contributed by atoms with E-state index < -0.39 is 11.6 Å². The van der Waals surface area contributed by atoms with E-state index in [0.29, 0.717) is 43.4 Å². The summed E-state index contributed by atoms with van der Waals surface area (Å²) in [7, 11) is 1.84. The molecule has 0 unspecified atom stereocenters. The summed E-state index contributed by atoms with van der Waals surface area (Å²) in [6.45, 7) is 8.45. The summed E-state index contributed by atoms with van der Waals surface area (Å²) in [4.78, 5) is 26.4. The minimum Gasteiger partial charge on any atom is -0.481 e. The number of carbonyl (C=O) groups is 2. The molecule has 4 rings (SSSR count). The Balaban J connectivity index is 1.17. The lowest BCUT2D eigenvalue weighted by Crippen LogP contribution is -2.63. The van der Waals surface area contributed by atoms with Crippen LogP contribution in [-0.2, 0) is 14.3 Å². The van der Waals surface area contributed by atoms with Crippen LogP contribution in [0.1, 0.15) is 97.8 Å². The summed E-state index contributed by atoms with van der Waals surface area (Å²) in [5.41, 5.74) is -0.561. The maximum atomic E-state index is 13.0. The number of aliphatic carboxylic acids is 1. The van der Waals surface area contributed by atoms with Crippen LogP contribution < -0.4 is 16.0 Å². The Morgan fingerprint density at radius 3 is 2.15 bits per heavy atom. The molecule has 1 saturated heterocycles. The van der Waals surface area contributed by atoms with Gasteiger partial charge in [0.1, 0.15) is 11.9 Å². The molecule has 0 bridgehead atoms. The molecule has 0 spiro atoms. The van der Waals surface area contributed by atoms with Gasteiger partial charge >= 0.3 is 12.1 Å². The molecule has 1 amide bonds. The van der Waals surface area contributed by atoms with Gasteiger partial charge in [0, 0.05) is 38.8 Å². The van der Waals surface area contributed by atoms with Crippen molar-refractivity contribution in [3.63, 3.8) is 0 Å². The molecule has 4 aliphatic rings. The number of nitrogens with one attached hydrogen (secondary N) is 3. The second kappa shape index (κ2) is 14.0. The molecule has 0 aromatic carbocycles. The Hall–Kier alpha value is -1.42. The van der Waals surface area contributed by atoms with Crippen molar-refractivity contribution in [2.24, 2.45) is 23.7 Å². The van der Waals surface area contributed by atoms with E-state index in [9.17, 15) is 14.7 Å². The van der Waals surface area contributed by atoms with Gasteiger partial charge in [-0.1, -0.05) is 0 Å². The van der Waals surface area contributed by atoms with E-state index in [0.717, 1.165) is 57.5 Å². The molecule has 39 heavy (non-hydrogen) atoms. The van der Waals surface area contributed by atoms with Gasteiger partial charge in [-0.15, -0.1) is 0 Å². The van der Waals surface area contributed by atoms with E-state index in [1.807, 2.05) is 32.8 Å². The van der Waals surface area contributed by atoms with Crippen LogP contribution in [0.4, 0.5) is 4.79 Å². The van der Waals surface area contributed by atoms with Crippen molar-refractivity contribution in [2.75, 3.05) is 26.7 Å². The molecule has 3 aliphatic carbocycles. The highest BCUT2D eigenvalue weighted by Gasteiger charge is 2.37. The smallest absolute Gasteiger partial charge is 0.410 e. The molecule has 4 N–H and O–H groups in total. The molecule has 4 fully saturated rings. The zero-order chi connectivity index (χ0) is 28.0. The molecule has 1 aliphatic heterocycles. The van der Waals surface area contributed by atoms with Gasteiger partial charge in [0.15, 0.2) is 0 Å². The second-order valence-corrected chi connectivity index (χ2v) is 13.6. The fraction of sp³-hybridized carbons (Fsp3) is 0.933. The van der Waals surface area contributed by atoms with E-state index in [4.69, 9.17) is 9.47 Å². The third kappa shape index (κ3) is 9.03. The Morgan fingerprint density at radius 2 is 1.59 bits per heavy atom. The maximum Gasteiger partial charge on any atom is 0.410 e. The number of rotatable bonds is 9. The maximum absolute atomic E-state index is 13.0. The zero-order valence-corrected chi connectivity index (χ0v) is 24.8. The van der Waals surface area contributed by atoms with Crippen molar-refractivity contribution in [1.82, 2.24) is 20.9 Å². The Labute approximate surface area is 235 Å². The number of carbonyl (C=O) groups excluding carboxylic acids is 1. The highest BCUT2D eigenvalue weighted by atomic mass is 16.6. The normalized spacial score (nSPS) is 35.9. The summed E-state index contributed by atoms with van der Waals surface area (Å²) in [5.74, 6) is 0.981. The van der Waals surface area contributed by atoms with Gasteiger partial charge in [-0.25, -0.2) is 4.79 Å². The third-order valence-corrected chi connectivity index (χ3v) is 9.74. The highest BCUT2D eigenvalue weighted by molar-refractivity contribution is 5.71. The van der Waals surface area contributed by atoms with Crippen LogP contribution in [0.5, 0.6) is 0 Å². The molecule has 9 heteroatoms. The van der Waals surface area contributed by atoms with Crippen LogP contribution in [0.25, 0.3) is 0 Å². The lowest BCUT2D eigenvalue weighted by molar-refractivity contribution is -0.141. The van der Waals surface area contributed by atoms with Gasteiger partial charge in [-0.05, 0) is 116 Å². The number of hydrogen-bond acceptors (Lipinski definition) is 7. The summed E-state index contributed by atoms with van der Waals surface area (Å²) >= 11 is 0. The lowest BCUT2D eigenvalue weighted by atomic mass is 9.78. The predicted octanol–water partition coefficient (Wildman–Crippen LogP) is 4.31. The van der Waals surface area contributed by atoms with Gasteiger partial charge in [0.25, 0.3) is 0 Å². The first-order chi connectivity index (χ1) is 18.6. The summed E-state index contributed by atoms with van der Waals surface area (Å²) in [6.07, 6.45) is 12.7. The highest BCUT2D eigenvalue weighted by Crippen LogP contribution is 2.34. The van der Waals surface area contributed by atoms with Gasteiger partial charge in [0.05, 0.1) is 12.0 Å². The average molecular weight is 551 g/mol. The zero-order valence-electron chi connectivity index (χ0n) is 24.8. The minimum atomic E-state index is -0.751. The minimum absolute atomic E-state index is 0.0405. The van der Waals surface area contributed by atoms with Crippen LogP contribution in [0.15, 0.2) is 0 Å². The molecular formula is C30H54N4O5. The Morgan fingerprint density at radius 1 is 0.923 bits per heavy atom. The molecular weight excluding hydrogens is 496 g/mol. The fourth-order valence-corrected chi connectivity index (χ4v) is 7.31. The molecule has 224 valence electrons. The number of nitrogens with zero attached hydrogens (tertiary/aromatic N) is 1. The van der Waals surface area contributed by atoms with E-state index in [2.05, 4.69) is 16.0 Å². The molecule has 2 atom stereocenters. The predicted molar refractivity (Wildman–Crippen MR) is 151 cm³/mol. The lowest BCUT2D eigenvalue weighted by Gasteiger charge is -2.40. The van der Waals surface area contributed by atoms with Crippen LogP contribution in [0.3, 0.4) is 0 Å². The SMILES string of the molecule is COC1CCC(C2CNC(NC3CCC(CCN(C(=O)OC(C)(C)C)[C@@H]4CC[C@H](C(=O)O)C4)CC3)NC2)CC1. The Bertz CT molecular complexity index is 781. The standard InChI is InChI=1S/C30H54N4O5/c1-30(2,3)39-29(37)34(25-12-7-22(17-25)27(35)36)16-15-20-5-10-24(11-6-20)33-28-31-18-23(19-32-28)21-8-13-26(38-4)14-9-21/h20-26,28,31-33H,5-19H2,1-4H3,(H,35,36)/t20?,21?,22-,23?,24?,25+,26?,28?/m0/s1. The summed E-state index contributed by atoms with van der Waals surface area (Å²) < 4.78 is 11.3. The largest absolute Gasteiger partial charge is 0.481 e. The average Bonchev–Trinajstić information content (AvgIpc) is 3.40. The summed E-state index contributed by atoms with van der Waals surface area (Å²) in [5, 5.41) is 20.7. The van der Waals surface area contributed by atoms with Crippen LogP contribution >= 0.6 is 0 Å². The van der Waals surface area contributed by atoms with Crippen molar-refractivity contribution in [2.45, 2.75) is 128 Å². The second-order valence-electron chi connectivity index (χ2n) is 13.6. The first-order valence-corrected chi connectivity index (χ1v) is 15.6. The molecule has 1 heterocycles. The van der Waals surface area contributed by atoms with E-state index in [-0.39, 0.29) is 24.3 Å². The first kappa shape index (κ1) is 30.5. The van der Waals surface area contributed by atoms with Crippen LogP contribution in [0, 0.1) is 23.7 Å². The monoisotopic (exact) mass is 550 g/mol. The molecule has 9 nitrogen and oxygen atoms in total. The van der Waals surface area contributed by atoms with Crippen molar-refractivity contribution in [3.05, 3.63) is 0 Å². The number of carboxylic acid groups (broad SMARTS) is 1. The quantitative estimate of drug-likeness (QED) is 0.336. The van der Waals surface area contributed by atoms with Gasteiger partial charge < -0.3 is 19.5 Å². The number of amides is 1.